The molecule has 0 radical (unpaired) electrons. The number of ether oxygens (including phenoxy) is 6. The number of fused-ring (bicyclic) bond motifs is 1. The number of hydrogen-bond acceptors (Lipinski definition) is 12. The van der Waals surface area contributed by atoms with Crippen molar-refractivity contribution in [1.29, 1.82) is 0 Å². The number of nitrogens with one attached hydrogen (secondary N) is 2. The Balaban J connectivity index is 1.74. The standard InChI is InChI=1S/C44H71FN4O10/c1-15-34-44(11)36(47-40(52)58-44)29(6)49(41(53)59-42(7,8)9)24-25(2)21-43(10,54-14)37(27(4)35(50)28(5)38(51)56-34)57-39-26(3)33(48(12)13)20-32(55-39)23-46-22-30-16-18-31(45)19-17-30/h16-19,25-29,32-34,36-37,39,46H,15,20-24H2,1-14H3,(H,47,52)/t25-,26?,27+,28?,29-,32?,33?,34-,36-,37-,39+,43-,44-/m1/s1. The van der Waals surface area contributed by atoms with Crippen molar-refractivity contribution in [2.24, 2.45) is 23.7 Å². The molecule has 1 aromatic carbocycles. The zero-order valence-electron chi connectivity index (χ0n) is 37.8. The molecule has 15 heteroatoms. The minimum Gasteiger partial charge on any atom is -0.458 e. The van der Waals surface area contributed by atoms with Crippen LogP contribution in [0, 0.1) is 29.5 Å². The molecule has 3 heterocycles. The summed E-state index contributed by atoms with van der Waals surface area (Å²) in [7, 11) is 5.60. The molecule has 3 aliphatic rings. The van der Waals surface area contributed by atoms with E-state index in [9.17, 15) is 23.6 Å². The molecule has 3 saturated heterocycles. The number of Topliss-reactive ketones (excluding diaryl/α,β-unsaturated/α-hetero) is 1. The predicted molar refractivity (Wildman–Crippen MR) is 220 cm³/mol. The van der Waals surface area contributed by atoms with Crippen molar-refractivity contribution >= 4 is 23.9 Å². The number of nitrogens with zero attached hydrogens (tertiary/aromatic N) is 2. The van der Waals surface area contributed by atoms with Crippen LogP contribution < -0.4 is 10.6 Å². The second kappa shape index (κ2) is 19.6. The molecule has 59 heavy (non-hydrogen) atoms. The van der Waals surface area contributed by atoms with Gasteiger partial charge in [-0.05, 0) is 105 Å². The number of carbonyl (C=O) groups is 4. The fraction of sp³-hybridized carbons (Fsp3) is 0.773. The highest BCUT2D eigenvalue weighted by molar-refractivity contribution is 6.00. The third kappa shape index (κ3) is 11.5. The highest BCUT2D eigenvalue weighted by Gasteiger charge is 2.57. The van der Waals surface area contributed by atoms with E-state index in [1.165, 1.54) is 19.1 Å². The van der Waals surface area contributed by atoms with Crippen molar-refractivity contribution in [2.45, 2.75) is 161 Å². The van der Waals surface area contributed by atoms with Gasteiger partial charge < -0.3 is 48.9 Å². The molecule has 4 unspecified atom stereocenters. The summed E-state index contributed by atoms with van der Waals surface area (Å²) in [6, 6.07) is 4.91. The lowest BCUT2D eigenvalue weighted by Gasteiger charge is -2.48. The Morgan fingerprint density at radius 1 is 1.07 bits per heavy atom. The Labute approximate surface area is 350 Å². The molecule has 4 rings (SSSR count). The zero-order chi connectivity index (χ0) is 44.2. The second-order valence-corrected chi connectivity index (χ2v) is 18.7. The number of halogens is 1. The van der Waals surface area contributed by atoms with E-state index in [-0.39, 0.29) is 42.8 Å². The number of methoxy groups -OCH3 is 1. The summed E-state index contributed by atoms with van der Waals surface area (Å²) in [5.74, 6) is -3.97. The monoisotopic (exact) mass is 835 g/mol. The summed E-state index contributed by atoms with van der Waals surface area (Å²) in [5, 5.41) is 6.32. The van der Waals surface area contributed by atoms with Gasteiger partial charge in [-0.15, -0.1) is 0 Å². The van der Waals surface area contributed by atoms with Crippen molar-refractivity contribution in [3.63, 3.8) is 0 Å². The third-order valence-corrected chi connectivity index (χ3v) is 12.5. The van der Waals surface area contributed by atoms with Crippen LogP contribution in [-0.2, 0) is 44.6 Å². The summed E-state index contributed by atoms with van der Waals surface area (Å²) in [6.07, 6.45) is -2.91. The van der Waals surface area contributed by atoms with Gasteiger partial charge in [0.25, 0.3) is 0 Å². The highest BCUT2D eigenvalue weighted by atomic mass is 19.1. The second-order valence-electron chi connectivity index (χ2n) is 18.7. The van der Waals surface area contributed by atoms with Gasteiger partial charge in [-0.2, -0.15) is 0 Å². The van der Waals surface area contributed by atoms with Crippen molar-refractivity contribution in [2.75, 3.05) is 34.3 Å². The number of carbonyl (C=O) groups excluding carboxylic acids is 4. The van der Waals surface area contributed by atoms with Gasteiger partial charge in [0, 0.05) is 44.6 Å². The topological polar surface area (TPSA) is 154 Å². The maximum atomic E-state index is 14.5. The van der Waals surface area contributed by atoms with Crippen LogP contribution in [0.3, 0.4) is 0 Å². The molecule has 14 nitrogen and oxygen atoms in total. The van der Waals surface area contributed by atoms with E-state index in [0.29, 0.717) is 25.9 Å². The van der Waals surface area contributed by atoms with Gasteiger partial charge in [0.2, 0.25) is 0 Å². The van der Waals surface area contributed by atoms with Crippen LogP contribution >= 0.6 is 0 Å². The van der Waals surface area contributed by atoms with Crippen LogP contribution in [-0.4, -0.2) is 128 Å². The Bertz CT molecular complexity index is 1610. The number of alkyl carbamates (subject to hydrolysis) is 1. The Hall–Kier alpha value is -3.37. The van der Waals surface area contributed by atoms with Gasteiger partial charge in [0.05, 0.1) is 29.9 Å². The van der Waals surface area contributed by atoms with Crippen LogP contribution in [0.5, 0.6) is 0 Å². The Morgan fingerprint density at radius 2 is 1.71 bits per heavy atom. The van der Waals surface area contributed by atoms with E-state index in [1.54, 1.807) is 65.7 Å². The van der Waals surface area contributed by atoms with Crippen molar-refractivity contribution in [3.05, 3.63) is 35.6 Å². The summed E-state index contributed by atoms with van der Waals surface area (Å²) in [4.78, 5) is 59.3. The fourth-order valence-corrected chi connectivity index (χ4v) is 9.17. The summed E-state index contributed by atoms with van der Waals surface area (Å²) < 4.78 is 51.5. The number of benzene rings is 1. The normalized spacial score (nSPS) is 36.5. The molecule has 2 amide bonds. The van der Waals surface area contributed by atoms with Gasteiger partial charge in [-0.3, -0.25) is 9.59 Å². The number of ketones is 1. The maximum Gasteiger partial charge on any atom is 0.410 e. The molecule has 0 saturated carbocycles. The predicted octanol–water partition coefficient (Wildman–Crippen LogP) is 6.08. The molecule has 0 aromatic heterocycles. The van der Waals surface area contributed by atoms with Gasteiger partial charge in [0.15, 0.2) is 17.7 Å². The fourth-order valence-electron chi connectivity index (χ4n) is 9.17. The minimum atomic E-state index is -1.40. The van der Waals surface area contributed by atoms with Gasteiger partial charge in [-0.1, -0.05) is 39.8 Å². The molecule has 2 N–H and O–H groups in total. The SMILES string of the molecule is CC[C@H]1OC(=O)C(C)C(=O)[C@H](C)[C@@H](O[C@@H]2OC(CNCc3ccc(F)cc3)CC(N(C)C)C2C)[C@](C)(OC)C[C@@H](C)CN(C(=O)OC(C)(C)C)[C@H](C)[C@H]2NC(=O)O[C@@]21C. The largest absolute Gasteiger partial charge is 0.458 e. The maximum absolute atomic E-state index is 14.5. The lowest BCUT2D eigenvalue weighted by atomic mass is 9.78. The summed E-state index contributed by atoms with van der Waals surface area (Å²) in [6.45, 7) is 21.0. The van der Waals surface area contributed by atoms with Gasteiger partial charge >= 0.3 is 18.2 Å². The van der Waals surface area contributed by atoms with Crippen molar-refractivity contribution < 1.29 is 52.0 Å². The number of amides is 2. The van der Waals surface area contributed by atoms with Crippen LogP contribution in [0.15, 0.2) is 24.3 Å². The zero-order valence-corrected chi connectivity index (χ0v) is 37.8. The molecular weight excluding hydrogens is 763 g/mol. The summed E-state index contributed by atoms with van der Waals surface area (Å²) in [5.41, 5.74) is -2.42. The summed E-state index contributed by atoms with van der Waals surface area (Å²) >= 11 is 0. The van der Waals surface area contributed by atoms with E-state index in [1.807, 2.05) is 34.9 Å². The van der Waals surface area contributed by atoms with E-state index in [0.717, 1.165) is 5.56 Å². The van der Waals surface area contributed by atoms with Crippen LogP contribution in [0.2, 0.25) is 0 Å². The number of hydrogen-bond donors (Lipinski definition) is 2. The number of esters is 1. The average Bonchev–Trinajstić information content (AvgIpc) is 3.48. The lowest BCUT2D eigenvalue weighted by molar-refractivity contribution is -0.282. The molecule has 0 bridgehead atoms. The van der Waals surface area contributed by atoms with E-state index >= 15 is 0 Å². The van der Waals surface area contributed by atoms with Gasteiger partial charge in [-0.25, -0.2) is 14.0 Å². The van der Waals surface area contributed by atoms with E-state index in [4.69, 9.17) is 28.4 Å². The van der Waals surface area contributed by atoms with Crippen molar-refractivity contribution in [1.82, 2.24) is 20.4 Å². The Morgan fingerprint density at radius 3 is 2.29 bits per heavy atom. The van der Waals surface area contributed by atoms with E-state index < -0.39 is 83.2 Å². The molecule has 1 aromatic rings. The number of cyclic esters (lactones) is 1. The molecule has 13 atom stereocenters. The third-order valence-electron chi connectivity index (χ3n) is 12.5. The van der Waals surface area contributed by atoms with Crippen LogP contribution in [0.1, 0.15) is 101 Å². The van der Waals surface area contributed by atoms with Gasteiger partial charge in [0.1, 0.15) is 23.4 Å². The van der Waals surface area contributed by atoms with Crippen LogP contribution in [0.25, 0.3) is 0 Å². The van der Waals surface area contributed by atoms with E-state index in [2.05, 4.69) is 22.5 Å². The minimum absolute atomic E-state index is 0.0552. The Kier molecular flexibility index (Phi) is 16.0. The first-order chi connectivity index (χ1) is 27.4. The first-order valence-corrected chi connectivity index (χ1v) is 21.2. The van der Waals surface area contributed by atoms with Crippen molar-refractivity contribution in [3.8, 4) is 0 Å². The lowest BCUT2D eigenvalue weighted by Crippen LogP contribution is -2.62. The first kappa shape index (κ1) is 48.3. The molecular formula is C44H71FN4O10. The molecule has 3 aliphatic heterocycles. The highest BCUT2D eigenvalue weighted by Crippen LogP contribution is 2.40. The average molecular weight is 835 g/mol. The first-order valence-electron chi connectivity index (χ1n) is 21.2. The molecule has 0 spiro atoms. The molecule has 0 aliphatic carbocycles. The van der Waals surface area contributed by atoms with Crippen LogP contribution in [0.4, 0.5) is 14.0 Å². The quantitative estimate of drug-likeness (QED) is 0.168. The smallest absolute Gasteiger partial charge is 0.410 e. The molecule has 334 valence electrons. The number of rotatable bonds is 9. The molecule has 3 fully saturated rings.